The number of carbonyl (C=O) groups is 1. The Balaban J connectivity index is 1.15. The summed E-state index contributed by atoms with van der Waals surface area (Å²) in [5.74, 6) is -1.50. The summed E-state index contributed by atoms with van der Waals surface area (Å²) in [6, 6.07) is 8.26. The first-order chi connectivity index (χ1) is 23.9. The lowest BCUT2D eigenvalue weighted by Gasteiger charge is -2.43. The number of hydrogen-bond donors (Lipinski definition) is 7. The highest BCUT2D eigenvalue weighted by atomic mass is 16.8. The summed E-state index contributed by atoms with van der Waals surface area (Å²) >= 11 is 0. The van der Waals surface area contributed by atoms with E-state index in [1.165, 1.54) is 38.7 Å². The number of esters is 1. The molecule has 3 aliphatic heterocycles. The lowest BCUT2D eigenvalue weighted by atomic mass is 9.85. The molecule has 0 aromatic heterocycles. The van der Waals surface area contributed by atoms with E-state index in [1.807, 2.05) is 0 Å². The van der Waals surface area contributed by atoms with Crippen LogP contribution in [0.15, 0.2) is 48.7 Å². The lowest BCUT2D eigenvalue weighted by Crippen LogP contribution is -2.60. The van der Waals surface area contributed by atoms with Gasteiger partial charge in [0, 0.05) is 24.0 Å². The molecule has 12 atom stereocenters. The SMILES string of the molecule is COc1cc(C2Oc3c(OC)cc(C=CC(=O)OC4CC(C)(O)C5C(OC6OC(CO)C(O)C(O)C6O)OC=CC45)cc3C2CO)ccc1O. The van der Waals surface area contributed by atoms with Crippen LogP contribution in [0.2, 0.25) is 0 Å². The number of phenols is 1. The molecule has 3 heterocycles. The summed E-state index contributed by atoms with van der Waals surface area (Å²) in [5.41, 5.74) is 0.433. The second-order valence-corrected chi connectivity index (χ2v) is 13.0. The highest BCUT2D eigenvalue weighted by molar-refractivity contribution is 5.87. The maximum atomic E-state index is 13.1. The molecular weight excluding hydrogens is 660 g/mol. The Bertz CT molecular complexity index is 1600. The van der Waals surface area contributed by atoms with Gasteiger partial charge in [0.1, 0.15) is 36.6 Å². The summed E-state index contributed by atoms with van der Waals surface area (Å²) in [4.78, 5) is 13.1. The van der Waals surface area contributed by atoms with Gasteiger partial charge in [0.15, 0.2) is 29.3 Å². The summed E-state index contributed by atoms with van der Waals surface area (Å²) in [6.45, 7) is 0.635. The number of carbonyl (C=O) groups excluding carboxylic acids is 1. The van der Waals surface area contributed by atoms with E-state index < -0.39 is 85.1 Å². The van der Waals surface area contributed by atoms with Crippen molar-refractivity contribution >= 4 is 12.0 Å². The predicted molar refractivity (Wildman–Crippen MR) is 171 cm³/mol. The van der Waals surface area contributed by atoms with E-state index in [4.69, 9.17) is 33.2 Å². The number of phenolic OH excluding ortho intramolecular Hbond substituents is 1. The number of aliphatic hydroxyl groups is 6. The van der Waals surface area contributed by atoms with Crippen molar-refractivity contribution in [3.05, 3.63) is 65.4 Å². The fourth-order valence-electron chi connectivity index (χ4n) is 7.28. The minimum Gasteiger partial charge on any atom is -0.504 e. The van der Waals surface area contributed by atoms with Gasteiger partial charge in [-0.1, -0.05) is 6.07 Å². The molecule has 15 heteroatoms. The number of aromatic hydroxyl groups is 1. The number of methoxy groups -OCH3 is 2. The van der Waals surface area contributed by atoms with Gasteiger partial charge in [-0.3, -0.25) is 0 Å². The molecule has 12 unspecified atom stereocenters. The van der Waals surface area contributed by atoms with Gasteiger partial charge in [-0.25, -0.2) is 4.79 Å². The second kappa shape index (κ2) is 14.4. The summed E-state index contributed by atoms with van der Waals surface area (Å²) in [5, 5.41) is 72.0. The molecule has 0 spiro atoms. The predicted octanol–water partition coefficient (Wildman–Crippen LogP) is 0.618. The van der Waals surface area contributed by atoms with Crippen LogP contribution in [0.3, 0.4) is 0 Å². The third kappa shape index (κ3) is 6.63. The van der Waals surface area contributed by atoms with Crippen molar-refractivity contribution in [3.63, 3.8) is 0 Å². The summed E-state index contributed by atoms with van der Waals surface area (Å²) < 4.78 is 39.8. The Morgan fingerprint density at radius 3 is 2.46 bits per heavy atom. The first-order valence-corrected chi connectivity index (χ1v) is 16.2. The molecule has 4 aliphatic rings. The zero-order valence-electron chi connectivity index (χ0n) is 27.6. The fourth-order valence-corrected chi connectivity index (χ4v) is 7.28. The molecular formula is C35H42O15. The van der Waals surface area contributed by atoms with Crippen LogP contribution in [0.5, 0.6) is 23.0 Å². The first-order valence-electron chi connectivity index (χ1n) is 16.2. The van der Waals surface area contributed by atoms with Crippen LogP contribution in [0.4, 0.5) is 0 Å². The van der Waals surface area contributed by atoms with Crippen LogP contribution < -0.4 is 14.2 Å². The van der Waals surface area contributed by atoms with Gasteiger partial charge in [-0.2, -0.15) is 0 Å². The van der Waals surface area contributed by atoms with E-state index in [9.17, 15) is 40.5 Å². The van der Waals surface area contributed by atoms with E-state index in [0.29, 0.717) is 28.2 Å². The van der Waals surface area contributed by atoms with Crippen LogP contribution in [-0.2, 0) is 23.7 Å². The largest absolute Gasteiger partial charge is 0.504 e. The lowest BCUT2D eigenvalue weighted by molar-refractivity contribution is -0.346. The topological polar surface area (TPSA) is 223 Å². The van der Waals surface area contributed by atoms with Crippen LogP contribution in [0.25, 0.3) is 6.08 Å². The molecule has 1 saturated heterocycles. The average molecular weight is 703 g/mol. The van der Waals surface area contributed by atoms with Gasteiger partial charge in [0.2, 0.25) is 6.29 Å². The van der Waals surface area contributed by atoms with E-state index in [2.05, 4.69) is 0 Å². The quantitative estimate of drug-likeness (QED) is 0.133. The molecule has 0 amide bonds. The molecule has 0 radical (unpaired) electrons. The zero-order valence-corrected chi connectivity index (χ0v) is 27.6. The van der Waals surface area contributed by atoms with Crippen LogP contribution in [0, 0.1) is 11.8 Å². The molecule has 272 valence electrons. The van der Waals surface area contributed by atoms with Gasteiger partial charge in [0.05, 0.1) is 51.1 Å². The van der Waals surface area contributed by atoms with Crippen molar-refractivity contribution in [3.8, 4) is 23.0 Å². The molecule has 0 bridgehead atoms. The van der Waals surface area contributed by atoms with Crippen molar-refractivity contribution < 1.29 is 73.7 Å². The normalized spacial score (nSPS) is 36.0. The Morgan fingerprint density at radius 2 is 1.76 bits per heavy atom. The van der Waals surface area contributed by atoms with Gasteiger partial charge in [-0.15, -0.1) is 0 Å². The number of benzene rings is 2. The van der Waals surface area contributed by atoms with Gasteiger partial charge < -0.3 is 68.9 Å². The molecule has 50 heavy (non-hydrogen) atoms. The Labute approximate surface area is 287 Å². The second-order valence-electron chi connectivity index (χ2n) is 13.0. The molecule has 6 rings (SSSR count). The monoisotopic (exact) mass is 702 g/mol. The van der Waals surface area contributed by atoms with E-state index >= 15 is 0 Å². The molecule has 2 fully saturated rings. The minimum absolute atomic E-state index is 0.0236. The molecule has 1 saturated carbocycles. The van der Waals surface area contributed by atoms with Crippen LogP contribution in [-0.4, -0.2) is 118 Å². The average Bonchev–Trinajstić information content (AvgIpc) is 3.61. The third-order valence-electron chi connectivity index (χ3n) is 9.84. The summed E-state index contributed by atoms with van der Waals surface area (Å²) in [7, 11) is 2.91. The Kier molecular flexibility index (Phi) is 10.3. The Hall–Kier alpha value is -3.93. The number of fused-ring (bicyclic) bond motifs is 2. The number of ether oxygens (including phenoxy) is 7. The number of rotatable bonds is 10. The van der Waals surface area contributed by atoms with Crippen LogP contribution >= 0.6 is 0 Å². The van der Waals surface area contributed by atoms with Crippen molar-refractivity contribution in [1.29, 1.82) is 0 Å². The van der Waals surface area contributed by atoms with Crippen molar-refractivity contribution in [1.82, 2.24) is 0 Å². The zero-order chi connectivity index (χ0) is 35.9. The van der Waals surface area contributed by atoms with Crippen molar-refractivity contribution in [2.45, 2.75) is 74.1 Å². The highest BCUT2D eigenvalue weighted by Crippen LogP contribution is 2.52. The van der Waals surface area contributed by atoms with Crippen LogP contribution in [0.1, 0.15) is 42.1 Å². The molecule has 15 nitrogen and oxygen atoms in total. The number of aliphatic hydroxyl groups excluding tert-OH is 5. The van der Waals surface area contributed by atoms with Gasteiger partial charge >= 0.3 is 5.97 Å². The third-order valence-corrected chi connectivity index (χ3v) is 9.84. The van der Waals surface area contributed by atoms with E-state index in [1.54, 1.807) is 37.3 Å². The summed E-state index contributed by atoms with van der Waals surface area (Å²) in [6.07, 6.45) is -4.45. The minimum atomic E-state index is -1.68. The molecule has 2 aromatic carbocycles. The number of hydrogen-bond acceptors (Lipinski definition) is 15. The maximum Gasteiger partial charge on any atom is 0.331 e. The Morgan fingerprint density at radius 1 is 1.00 bits per heavy atom. The van der Waals surface area contributed by atoms with Crippen molar-refractivity contribution in [2.24, 2.45) is 11.8 Å². The van der Waals surface area contributed by atoms with E-state index in [0.717, 1.165) is 0 Å². The first kappa shape index (κ1) is 35.9. The van der Waals surface area contributed by atoms with Crippen molar-refractivity contribution in [2.75, 3.05) is 27.4 Å². The maximum absolute atomic E-state index is 13.1. The van der Waals surface area contributed by atoms with Gasteiger partial charge in [0.25, 0.3) is 0 Å². The fraction of sp³-hybridized carbons (Fsp3) is 0.514. The highest BCUT2D eigenvalue weighted by Gasteiger charge is 2.58. The standard InChI is InChI=1S/C35H42O15/c1-35(43)13-24(18-8-9-46-33(27(18)35)50-34-30(42)29(41)28(40)25(15-37)48-34)47-26(39)7-4-16-10-19-20(14-36)31(49-32(19)23(11-16)45-3)17-5-6-21(38)22(12-17)44-2/h4-12,18,20,24-25,27-31,33-34,36-38,40-43H,13-15H2,1-3H3. The van der Waals surface area contributed by atoms with Gasteiger partial charge in [-0.05, 0) is 54.5 Å². The smallest absolute Gasteiger partial charge is 0.331 e. The molecule has 1 aliphatic carbocycles. The van der Waals surface area contributed by atoms with E-state index in [-0.39, 0.29) is 24.5 Å². The molecule has 7 N–H and O–H groups in total. The molecule has 2 aromatic rings.